The molecule has 2 rings (SSSR count). The molecule has 1 aromatic carbocycles. The number of carbonyl (C=O) groups excluding carboxylic acids is 1. The first kappa shape index (κ1) is 15.5. The number of carbonyl (C=O) groups is 1. The third kappa shape index (κ3) is 4.90. The van der Waals surface area contributed by atoms with E-state index < -0.39 is 12.5 Å². The first-order valence-electron chi connectivity index (χ1n) is 5.80. The summed E-state index contributed by atoms with van der Waals surface area (Å²) in [6.45, 7) is 2.86. The molecule has 0 saturated carbocycles. The summed E-state index contributed by atoms with van der Waals surface area (Å²) in [5.74, 6) is 0. The lowest BCUT2D eigenvalue weighted by Gasteiger charge is -2.24. The Labute approximate surface area is 109 Å². The van der Waals surface area contributed by atoms with Crippen LogP contribution < -0.4 is 5.32 Å². The van der Waals surface area contributed by atoms with Crippen molar-refractivity contribution in [2.75, 3.05) is 12.4 Å². The first-order valence-corrected chi connectivity index (χ1v) is 5.80. The van der Waals surface area contributed by atoms with Crippen LogP contribution in [0.3, 0.4) is 0 Å². The largest absolute Gasteiger partial charge is 0.446 e. The molecule has 6 heteroatoms. The summed E-state index contributed by atoms with van der Waals surface area (Å²) >= 11 is 0. The summed E-state index contributed by atoms with van der Waals surface area (Å²) < 4.78 is 36.9. The number of anilines is 1. The van der Waals surface area contributed by atoms with E-state index >= 15 is 0 Å². The Kier molecular flexibility index (Phi) is 5.35. The van der Waals surface area contributed by atoms with Crippen LogP contribution in [0.5, 0.6) is 0 Å². The van der Waals surface area contributed by atoms with E-state index in [0.717, 1.165) is 13.0 Å². The molecular weight excluding hydrogens is 259 g/mol. The minimum Gasteiger partial charge on any atom is -0.388 e. The summed E-state index contributed by atoms with van der Waals surface area (Å²) in [6, 6.07) is 6.38. The molecule has 1 aromatic rings. The maximum atomic E-state index is 10.4. The maximum Gasteiger partial charge on any atom is 0.446 e. The SMILES string of the molecule is CNc1cccc2c1COC(C)C2.O=CC(F)(F)F. The molecule has 1 aliphatic heterocycles. The number of hydrogen-bond acceptors (Lipinski definition) is 3. The molecule has 0 amide bonds. The van der Waals surface area contributed by atoms with E-state index in [1.165, 1.54) is 16.8 Å². The van der Waals surface area contributed by atoms with Gasteiger partial charge in [-0.3, -0.25) is 4.79 Å². The van der Waals surface area contributed by atoms with Gasteiger partial charge < -0.3 is 10.1 Å². The van der Waals surface area contributed by atoms with Gasteiger partial charge in [0.25, 0.3) is 0 Å². The fraction of sp³-hybridized carbons (Fsp3) is 0.462. The number of benzene rings is 1. The summed E-state index contributed by atoms with van der Waals surface area (Å²) in [5.41, 5.74) is 3.94. The van der Waals surface area contributed by atoms with E-state index in [0.29, 0.717) is 6.10 Å². The number of aldehydes is 1. The van der Waals surface area contributed by atoms with Crippen molar-refractivity contribution in [3.63, 3.8) is 0 Å². The van der Waals surface area contributed by atoms with Crippen LogP contribution >= 0.6 is 0 Å². The van der Waals surface area contributed by atoms with Crippen molar-refractivity contribution in [2.24, 2.45) is 0 Å². The lowest BCUT2D eigenvalue weighted by Crippen LogP contribution is -2.19. The van der Waals surface area contributed by atoms with Crippen LogP contribution in [0.25, 0.3) is 0 Å². The van der Waals surface area contributed by atoms with Gasteiger partial charge in [0.15, 0.2) is 0 Å². The van der Waals surface area contributed by atoms with Crippen molar-refractivity contribution in [3.05, 3.63) is 29.3 Å². The van der Waals surface area contributed by atoms with Gasteiger partial charge in [-0.1, -0.05) is 12.1 Å². The Morgan fingerprint density at radius 1 is 1.42 bits per heavy atom. The predicted octanol–water partition coefficient (Wildman–Crippen LogP) is 2.94. The molecule has 3 nitrogen and oxygen atoms in total. The third-order valence-electron chi connectivity index (χ3n) is 2.70. The monoisotopic (exact) mass is 275 g/mol. The number of halogens is 3. The zero-order valence-corrected chi connectivity index (χ0v) is 10.8. The highest BCUT2D eigenvalue weighted by atomic mass is 19.4. The van der Waals surface area contributed by atoms with Gasteiger partial charge in [0.1, 0.15) is 0 Å². The quantitative estimate of drug-likeness (QED) is 0.801. The molecule has 0 radical (unpaired) electrons. The number of alkyl halides is 3. The highest BCUT2D eigenvalue weighted by Crippen LogP contribution is 2.26. The third-order valence-corrected chi connectivity index (χ3v) is 2.70. The molecule has 1 atom stereocenters. The highest BCUT2D eigenvalue weighted by Gasteiger charge is 2.24. The summed E-state index contributed by atoms with van der Waals surface area (Å²) in [6.07, 6.45) is -4.31. The fourth-order valence-electron chi connectivity index (χ4n) is 1.82. The number of fused-ring (bicyclic) bond motifs is 1. The van der Waals surface area contributed by atoms with Crippen LogP contribution in [0.1, 0.15) is 18.1 Å². The Bertz CT molecular complexity index is 432. The van der Waals surface area contributed by atoms with E-state index in [2.05, 4.69) is 30.4 Å². The van der Waals surface area contributed by atoms with Crippen molar-refractivity contribution >= 4 is 12.0 Å². The van der Waals surface area contributed by atoms with Gasteiger partial charge in [0.2, 0.25) is 6.29 Å². The van der Waals surface area contributed by atoms with E-state index in [-0.39, 0.29) is 0 Å². The molecule has 19 heavy (non-hydrogen) atoms. The second kappa shape index (κ2) is 6.56. The van der Waals surface area contributed by atoms with E-state index in [1.54, 1.807) is 0 Å². The van der Waals surface area contributed by atoms with E-state index in [1.807, 2.05) is 7.05 Å². The molecule has 0 spiro atoms. The number of hydrogen-bond donors (Lipinski definition) is 1. The number of ether oxygens (including phenoxy) is 1. The van der Waals surface area contributed by atoms with Crippen LogP contribution in [0.2, 0.25) is 0 Å². The van der Waals surface area contributed by atoms with Gasteiger partial charge >= 0.3 is 6.18 Å². The molecule has 106 valence electrons. The molecule has 1 heterocycles. The van der Waals surface area contributed by atoms with Gasteiger partial charge in [-0.25, -0.2) is 0 Å². The van der Waals surface area contributed by atoms with Gasteiger partial charge in [-0.2, -0.15) is 13.2 Å². The second-order valence-corrected chi connectivity index (χ2v) is 4.18. The summed E-state index contributed by atoms with van der Waals surface area (Å²) in [7, 11) is 1.95. The molecule has 0 aromatic heterocycles. The van der Waals surface area contributed by atoms with Gasteiger partial charge in [0.05, 0.1) is 12.7 Å². The number of rotatable bonds is 1. The van der Waals surface area contributed by atoms with Crippen LogP contribution in [0, 0.1) is 0 Å². The van der Waals surface area contributed by atoms with Crippen LogP contribution in [-0.2, 0) is 22.6 Å². The zero-order chi connectivity index (χ0) is 14.5. The molecule has 0 saturated heterocycles. The van der Waals surface area contributed by atoms with E-state index in [9.17, 15) is 13.2 Å². The van der Waals surface area contributed by atoms with Crippen molar-refractivity contribution in [1.29, 1.82) is 0 Å². The molecule has 1 N–H and O–H groups in total. The van der Waals surface area contributed by atoms with E-state index in [4.69, 9.17) is 9.53 Å². The standard InChI is InChI=1S/C11H15NO.C2HF3O/c1-8-6-9-4-3-5-11(12-2)10(9)7-13-8;3-2(4,5)1-6/h3-5,8,12H,6-7H2,1-2H3;1H. The van der Waals surface area contributed by atoms with Crippen molar-refractivity contribution < 1.29 is 22.7 Å². The Hall–Kier alpha value is -1.56. The summed E-state index contributed by atoms with van der Waals surface area (Å²) in [5, 5.41) is 3.19. The lowest BCUT2D eigenvalue weighted by molar-refractivity contribution is -0.156. The molecule has 1 unspecified atom stereocenters. The molecule has 0 bridgehead atoms. The summed E-state index contributed by atoms with van der Waals surface area (Å²) in [4.78, 5) is 8.70. The highest BCUT2D eigenvalue weighted by molar-refractivity contribution is 5.56. The van der Waals surface area contributed by atoms with Crippen LogP contribution in [0.15, 0.2) is 18.2 Å². The normalized spacial score (nSPS) is 17.8. The fourth-order valence-corrected chi connectivity index (χ4v) is 1.82. The predicted molar refractivity (Wildman–Crippen MR) is 66.1 cm³/mol. The van der Waals surface area contributed by atoms with Crippen molar-refractivity contribution in [1.82, 2.24) is 0 Å². The second-order valence-electron chi connectivity index (χ2n) is 4.18. The zero-order valence-electron chi connectivity index (χ0n) is 10.8. The lowest BCUT2D eigenvalue weighted by atomic mass is 9.98. The minimum atomic E-state index is -4.64. The van der Waals surface area contributed by atoms with Gasteiger partial charge in [-0.15, -0.1) is 0 Å². The topological polar surface area (TPSA) is 38.3 Å². The minimum absolute atomic E-state index is 0.361. The average Bonchev–Trinajstić information content (AvgIpc) is 2.37. The Balaban J connectivity index is 0.000000258. The first-order chi connectivity index (χ1) is 8.87. The smallest absolute Gasteiger partial charge is 0.388 e. The van der Waals surface area contributed by atoms with Crippen LogP contribution in [-0.4, -0.2) is 25.6 Å². The molecule has 0 aliphatic carbocycles. The number of nitrogens with one attached hydrogen (secondary N) is 1. The van der Waals surface area contributed by atoms with Crippen molar-refractivity contribution in [3.8, 4) is 0 Å². The maximum absolute atomic E-state index is 10.4. The van der Waals surface area contributed by atoms with Crippen LogP contribution in [0.4, 0.5) is 18.9 Å². The average molecular weight is 275 g/mol. The van der Waals surface area contributed by atoms with Crippen molar-refractivity contribution in [2.45, 2.75) is 32.2 Å². The molecule has 1 aliphatic rings. The Morgan fingerprint density at radius 3 is 2.58 bits per heavy atom. The molecule has 0 fully saturated rings. The van der Waals surface area contributed by atoms with Gasteiger partial charge in [-0.05, 0) is 25.0 Å². The Morgan fingerprint density at radius 2 is 2.05 bits per heavy atom. The van der Waals surface area contributed by atoms with Gasteiger partial charge in [0, 0.05) is 18.3 Å². The molecular formula is C13H16F3NO2.